The number of hydrogen-bond acceptors (Lipinski definition) is 3. The van der Waals surface area contributed by atoms with E-state index in [1.165, 1.54) is 16.9 Å². The molecule has 1 aliphatic rings. The van der Waals surface area contributed by atoms with E-state index in [-0.39, 0.29) is 11.4 Å². The zero-order chi connectivity index (χ0) is 15.0. The van der Waals surface area contributed by atoms with Crippen LogP contribution in [0.25, 0.3) is 5.52 Å². The van der Waals surface area contributed by atoms with Crippen molar-refractivity contribution in [3.63, 3.8) is 0 Å². The zero-order valence-electron chi connectivity index (χ0n) is 11.1. The molecule has 2 aromatic rings. The molecule has 2 heterocycles. The molecule has 0 aliphatic heterocycles. The standard InChI is InChI=1S/C13H14ClF3N4/c14-8-1-3-9(4-2-8)19-12-10-7-11(13(15,16)17)20-21(10)6-5-18-12/h5-9H,1-4H2,(H,18,19). The predicted molar refractivity (Wildman–Crippen MR) is 73.5 cm³/mol. The lowest BCUT2D eigenvalue weighted by atomic mass is 9.95. The van der Waals surface area contributed by atoms with Gasteiger partial charge in [0.25, 0.3) is 0 Å². The summed E-state index contributed by atoms with van der Waals surface area (Å²) in [6.07, 6.45) is 1.96. The zero-order valence-corrected chi connectivity index (χ0v) is 11.8. The number of alkyl halides is 4. The number of fused-ring (bicyclic) bond motifs is 1. The van der Waals surface area contributed by atoms with Crippen molar-refractivity contribution in [1.82, 2.24) is 14.6 Å². The molecule has 1 aliphatic carbocycles. The number of nitrogens with zero attached hydrogens (tertiary/aromatic N) is 3. The highest BCUT2D eigenvalue weighted by Crippen LogP contribution is 2.31. The third-order valence-corrected chi connectivity index (χ3v) is 4.11. The minimum atomic E-state index is -4.46. The highest BCUT2D eigenvalue weighted by Gasteiger charge is 2.34. The Hall–Kier alpha value is -1.50. The minimum Gasteiger partial charge on any atom is -0.366 e. The van der Waals surface area contributed by atoms with E-state index in [1.807, 2.05) is 0 Å². The molecule has 0 amide bonds. The van der Waals surface area contributed by atoms with Crippen LogP contribution in [-0.4, -0.2) is 26.0 Å². The van der Waals surface area contributed by atoms with Crippen molar-refractivity contribution in [3.05, 3.63) is 24.2 Å². The Bertz CT molecular complexity index is 632. The van der Waals surface area contributed by atoms with Gasteiger partial charge in [-0.2, -0.15) is 18.3 Å². The van der Waals surface area contributed by atoms with Crippen molar-refractivity contribution in [2.45, 2.75) is 43.3 Å². The largest absolute Gasteiger partial charge is 0.435 e. The van der Waals surface area contributed by atoms with Crippen LogP contribution in [0.1, 0.15) is 31.4 Å². The molecule has 4 nitrogen and oxygen atoms in total. The van der Waals surface area contributed by atoms with Gasteiger partial charge >= 0.3 is 6.18 Å². The van der Waals surface area contributed by atoms with E-state index in [4.69, 9.17) is 11.6 Å². The lowest BCUT2D eigenvalue weighted by molar-refractivity contribution is -0.141. The first-order chi connectivity index (χ1) is 9.93. The van der Waals surface area contributed by atoms with E-state index in [0.717, 1.165) is 31.7 Å². The lowest BCUT2D eigenvalue weighted by Crippen LogP contribution is -2.26. The summed E-state index contributed by atoms with van der Waals surface area (Å²) in [5, 5.41) is 6.94. The highest BCUT2D eigenvalue weighted by atomic mass is 35.5. The SMILES string of the molecule is FC(F)(F)c1cc2c(NC3CCC(Cl)CC3)nccn2n1. The normalized spacial score (nSPS) is 23.4. The molecule has 0 unspecified atom stereocenters. The summed E-state index contributed by atoms with van der Waals surface area (Å²) in [5.41, 5.74) is -0.583. The van der Waals surface area contributed by atoms with Gasteiger partial charge in [-0.25, -0.2) is 9.50 Å². The average Bonchev–Trinajstić information content (AvgIpc) is 2.86. The molecule has 21 heavy (non-hydrogen) atoms. The lowest BCUT2D eigenvalue weighted by Gasteiger charge is -2.26. The molecule has 3 rings (SSSR count). The maximum Gasteiger partial charge on any atom is 0.435 e. The van der Waals surface area contributed by atoms with Gasteiger partial charge in [0.05, 0.1) is 0 Å². The summed E-state index contributed by atoms with van der Waals surface area (Å²) < 4.78 is 39.4. The van der Waals surface area contributed by atoms with E-state index in [9.17, 15) is 13.2 Å². The predicted octanol–water partition coefficient (Wildman–Crippen LogP) is 3.71. The monoisotopic (exact) mass is 318 g/mol. The van der Waals surface area contributed by atoms with Crippen LogP contribution < -0.4 is 5.32 Å². The van der Waals surface area contributed by atoms with Crippen molar-refractivity contribution < 1.29 is 13.2 Å². The first-order valence-electron chi connectivity index (χ1n) is 6.75. The van der Waals surface area contributed by atoms with Crippen molar-refractivity contribution in [3.8, 4) is 0 Å². The minimum absolute atomic E-state index is 0.183. The van der Waals surface area contributed by atoms with Crippen molar-refractivity contribution >= 4 is 22.9 Å². The van der Waals surface area contributed by atoms with Crippen LogP contribution in [0.2, 0.25) is 0 Å². The summed E-state index contributed by atoms with van der Waals surface area (Å²) in [7, 11) is 0. The average molecular weight is 319 g/mol. The molecular weight excluding hydrogens is 305 g/mol. The van der Waals surface area contributed by atoms with Crippen molar-refractivity contribution in [1.29, 1.82) is 0 Å². The molecule has 114 valence electrons. The Kier molecular flexibility index (Phi) is 3.69. The molecule has 1 N–H and O–H groups in total. The second-order valence-electron chi connectivity index (χ2n) is 5.23. The van der Waals surface area contributed by atoms with Crippen LogP contribution in [0.5, 0.6) is 0 Å². The molecule has 8 heteroatoms. The quantitative estimate of drug-likeness (QED) is 0.858. The number of rotatable bonds is 2. The van der Waals surface area contributed by atoms with E-state index in [2.05, 4.69) is 15.4 Å². The van der Waals surface area contributed by atoms with E-state index in [1.54, 1.807) is 0 Å². The molecular formula is C13H14ClF3N4. The second-order valence-corrected chi connectivity index (χ2v) is 5.84. The maximum absolute atomic E-state index is 12.7. The third kappa shape index (κ3) is 3.07. The Balaban J connectivity index is 1.86. The fourth-order valence-corrected chi connectivity index (χ4v) is 2.81. The van der Waals surface area contributed by atoms with E-state index >= 15 is 0 Å². The molecule has 0 atom stereocenters. The van der Waals surface area contributed by atoms with Gasteiger partial charge in [0.15, 0.2) is 11.5 Å². The van der Waals surface area contributed by atoms with Gasteiger partial charge < -0.3 is 5.32 Å². The van der Waals surface area contributed by atoms with Gasteiger partial charge in [-0.3, -0.25) is 0 Å². The fraction of sp³-hybridized carbons (Fsp3) is 0.538. The van der Waals surface area contributed by atoms with Gasteiger partial charge in [-0.15, -0.1) is 11.6 Å². The smallest absolute Gasteiger partial charge is 0.366 e. The Labute approximate surface area is 124 Å². The Morgan fingerprint density at radius 1 is 1.24 bits per heavy atom. The first-order valence-corrected chi connectivity index (χ1v) is 7.19. The van der Waals surface area contributed by atoms with Crippen LogP contribution in [0.3, 0.4) is 0 Å². The van der Waals surface area contributed by atoms with Gasteiger partial charge in [-0.1, -0.05) is 0 Å². The Morgan fingerprint density at radius 3 is 2.62 bits per heavy atom. The van der Waals surface area contributed by atoms with Crippen molar-refractivity contribution in [2.24, 2.45) is 0 Å². The van der Waals surface area contributed by atoms with E-state index in [0.29, 0.717) is 11.3 Å². The number of aromatic nitrogens is 3. The summed E-state index contributed by atoms with van der Waals surface area (Å²) >= 11 is 6.05. The number of nitrogens with one attached hydrogen (secondary N) is 1. The molecule has 0 bridgehead atoms. The molecule has 2 aromatic heterocycles. The summed E-state index contributed by atoms with van der Waals surface area (Å²) in [6, 6.07) is 1.20. The van der Waals surface area contributed by atoms with E-state index < -0.39 is 11.9 Å². The number of halogens is 4. The fourth-order valence-electron chi connectivity index (χ4n) is 2.56. The summed E-state index contributed by atoms with van der Waals surface area (Å²) in [5.74, 6) is 0.429. The van der Waals surface area contributed by atoms with Crippen LogP contribution in [-0.2, 0) is 6.18 Å². The summed E-state index contributed by atoms with van der Waals surface area (Å²) in [4.78, 5) is 4.14. The van der Waals surface area contributed by atoms with Crippen LogP contribution in [0.4, 0.5) is 19.0 Å². The van der Waals surface area contributed by atoms with Crippen LogP contribution >= 0.6 is 11.6 Å². The van der Waals surface area contributed by atoms with Gasteiger partial charge in [0.2, 0.25) is 0 Å². The third-order valence-electron chi connectivity index (χ3n) is 3.68. The molecule has 0 aromatic carbocycles. The highest BCUT2D eigenvalue weighted by molar-refractivity contribution is 6.20. The number of hydrogen-bond donors (Lipinski definition) is 1. The van der Waals surface area contributed by atoms with Gasteiger partial charge in [0.1, 0.15) is 5.52 Å². The molecule has 1 fully saturated rings. The maximum atomic E-state index is 12.7. The topological polar surface area (TPSA) is 42.2 Å². The van der Waals surface area contributed by atoms with Crippen molar-refractivity contribution in [2.75, 3.05) is 5.32 Å². The number of anilines is 1. The first kappa shape index (κ1) is 14.4. The van der Waals surface area contributed by atoms with Crippen LogP contribution in [0, 0.1) is 0 Å². The molecule has 0 spiro atoms. The molecule has 0 radical (unpaired) electrons. The molecule has 1 saturated carbocycles. The molecule has 0 saturated heterocycles. The van der Waals surface area contributed by atoms with Gasteiger partial charge in [-0.05, 0) is 25.7 Å². The Morgan fingerprint density at radius 2 is 1.95 bits per heavy atom. The van der Waals surface area contributed by atoms with Gasteiger partial charge in [0, 0.05) is 29.9 Å². The summed E-state index contributed by atoms with van der Waals surface area (Å²) in [6.45, 7) is 0. The van der Waals surface area contributed by atoms with Crippen LogP contribution in [0.15, 0.2) is 18.5 Å². The second kappa shape index (κ2) is 5.36.